The van der Waals surface area contributed by atoms with Crippen molar-refractivity contribution in [2.24, 2.45) is 46.8 Å². The molecule has 1 N–H and O–H groups in total. The second kappa shape index (κ2) is 9.55. The van der Waals surface area contributed by atoms with E-state index in [4.69, 9.17) is 19.5 Å². The van der Waals surface area contributed by atoms with Crippen molar-refractivity contribution in [2.45, 2.75) is 88.1 Å². The standard InChI is InChI=1S/C26H34F2O9S/c1-24(18-5-13-2-14(7-18)8-19(24)6-13)35-20(29)12-33-22(30)25-9-15-3-16(10-25)21(17(4-15)11-25)34-23(31)26(27,28)38-37-36-32/h13-19,21,32H,2-12H2,1H3. The van der Waals surface area contributed by atoms with Gasteiger partial charge in [0.25, 0.3) is 0 Å². The molecule has 8 bridgehead atoms. The molecule has 2 atom stereocenters. The number of hydrogen-bond donors (Lipinski definition) is 1. The summed E-state index contributed by atoms with van der Waals surface area (Å²) in [5.74, 6) is -0.834. The van der Waals surface area contributed by atoms with Crippen LogP contribution in [0.2, 0.25) is 0 Å². The Hall–Kier alpha value is -1.50. The van der Waals surface area contributed by atoms with E-state index in [-0.39, 0.29) is 17.8 Å². The Morgan fingerprint density at radius 2 is 1.53 bits per heavy atom. The van der Waals surface area contributed by atoms with Gasteiger partial charge in [-0.3, -0.25) is 4.79 Å². The zero-order valence-electron chi connectivity index (χ0n) is 21.3. The van der Waals surface area contributed by atoms with Crippen LogP contribution in [0.25, 0.3) is 0 Å². The van der Waals surface area contributed by atoms with Gasteiger partial charge < -0.3 is 14.2 Å². The molecule has 0 radical (unpaired) electrons. The quantitative estimate of drug-likeness (QED) is 0.140. The number of ether oxygens (including phenoxy) is 3. The van der Waals surface area contributed by atoms with E-state index in [1.165, 1.54) is 6.42 Å². The van der Waals surface area contributed by atoms with Crippen molar-refractivity contribution in [1.29, 1.82) is 0 Å². The smallest absolute Gasteiger partial charge is 0.415 e. The van der Waals surface area contributed by atoms with Crippen LogP contribution in [0.1, 0.15) is 71.1 Å². The van der Waals surface area contributed by atoms with Crippen molar-refractivity contribution >= 4 is 30.0 Å². The lowest BCUT2D eigenvalue weighted by molar-refractivity contribution is -0.433. The largest absolute Gasteiger partial charge is 0.457 e. The minimum absolute atomic E-state index is 0.204. The molecule has 9 nitrogen and oxygen atoms in total. The molecule has 8 aliphatic rings. The first kappa shape index (κ1) is 26.7. The predicted molar refractivity (Wildman–Crippen MR) is 126 cm³/mol. The van der Waals surface area contributed by atoms with Crippen molar-refractivity contribution in [3.05, 3.63) is 0 Å². The lowest BCUT2D eigenvalue weighted by atomic mass is 9.48. The van der Waals surface area contributed by atoms with Crippen LogP contribution in [0.4, 0.5) is 8.78 Å². The van der Waals surface area contributed by atoms with Crippen molar-refractivity contribution in [3.8, 4) is 0 Å². The fraction of sp³-hybridized carbons (Fsp3) is 0.885. The number of halogens is 2. The maximum Gasteiger partial charge on any atom is 0.415 e. The first-order valence-corrected chi connectivity index (χ1v) is 14.4. The van der Waals surface area contributed by atoms with Crippen LogP contribution >= 0.6 is 12.0 Å². The van der Waals surface area contributed by atoms with Gasteiger partial charge in [-0.05, 0) is 113 Å². The summed E-state index contributed by atoms with van der Waals surface area (Å²) in [5.41, 5.74) is -1.30. The summed E-state index contributed by atoms with van der Waals surface area (Å²) < 4.78 is 48.4. The molecule has 2 unspecified atom stereocenters. The molecule has 0 heterocycles. The van der Waals surface area contributed by atoms with E-state index >= 15 is 0 Å². The predicted octanol–water partition coefficient (Wildman–Crippen LogP) is 4.69. The minimum Gasteiger partial charge on any atom is -0.457 e. The van der Waals surface area contributed by atoms with E-state index in [0.29, 0.717) is 43.9 Å². The van der Waals surface area contributed by atoms with Gasteiger partial charge in [-0.1, -0.05) is 5.04 Å². The van der Waals surface area contributed by atoms with E-state index in [9.17, 15) is 23.2 Å². The van der Waals surface area contributed by atoms with Crippen molar-refractivity contribution in [3.63, 3.8) is 0 Å². The van der Waals surface area contributed by atoms with E-state index < -0.39 is 58.9 Å². The molecule has 0 spiro atoms. The zero-order chi connectivity index (χ0) is 26.9. The lowest BCUT2D eigenvalue weighted by Gasteiger charge is -2.59. The summed E-state index contributed by atoms with van der Waals surface area (Å²) in [6, 6.07) is 0. The van der Waals surface area contributed by atoms with Crippen LogP contribution in [-0.4, -0.2) is 46.7 Å². The Morgan fingerprint density at radius 3 is 2.11 bits per heavy atom. The molecule has 212 valence electrons. The average molecular weight is 561 g/mol. The Morgan fingerprint density at radius 1 is 0.921 bits per heavy atom. The lowest BCUT2D eigenvalue weighted by Crippen LogP contribution is -2.59. The molecule has 8 rings (SSSR count). The van der Waals surface area contributed by atoms with Crippen LogP contribution in [0.3, 0.4) is 0 Å². The van der Waals surface area contributed by atoms with Crippen molar-refractivity contribution in [2.75, 3.05) is 6.61 Å². The topological polar surface area (TPSA) is 118 Å². The molecule has 0 amide bonds. The second-order valence-corrected chi connectivity index (χ2v) is 13.7. The van der Waals surface area contributed by atoms with Crippen molar-refractivity contribution < 1.29 is 52.0 Å². The first-order chi connectivity index (χ1) is 18.0. The number of hydrogen-bond acceptors (Lipinski definition) is 10. The zero-order valence-corrected chi connectivity index (χ0v) is 22.1. The molecule has 0 aromatic rings. The molecule has 8 fully saturated rings. The van der Waals surface area contributed by atoms with Crippen LogP contribution in [0.15, 0.2) is 0 Å². The molecule has 8 saturated carbocycles. The summed E-state index contributed by atoms with van der Waals surface area (Å²) in [4.78, 5) is 38.2. The second-order valence-electron chi connectivity index (χ2n) is 12.9. The minimum atomic E-state index is -4.07. The van der Waals surface area contributed by atoms with Crippen LogP contribution in [0, 0.1) is 46.8 Å². The number of rotatable bonds is 9. The summed E-state index contributed by atoms with van der Waals surface area (Å²) in [5, 5.41) is 7.19. The van der Waals surface area contributed by atoms with E-state index in [1.54, 1.807) is 0 Å². The third kappa shape index (κ3) is 4.53. The Labute approximate surface area is 223 Å². The molecule has 38 heavy (non-hydrogen) atoms. The molecule has 8 aliphatic carbocycles. The van der Waals surface area contributed by atoms with E-state index in [1.807, 2.05) is 6.92 Å². The third-order valence-electron chi connectivity index (χ3n) is 10.7. The first-order valence-electron chi connectivity index (χ1n) is 13.6. The highest BCUT2D eigenvalue weighted by Crippen LogP contribution is 2.62. The van der Waals surface area contributed by atoms with Gasteiger partial charge >= 0.3 is 23.2 Å². The van der Waals surface area contributed by atoms with Gasteiger partial charge in [0.2, 0.25) is 0 Å². The van der Waals surface area contributed by atoms with Crippen LogP contribution in [0.5, 0.6) is 0 Å². The fourth-order valence-corrected chi connectivity index (χ4v) is 9.78. The number of esters is 3. The highest BCUT2D eigenvalue weighted by molar-refractivity contribution is 7.96. The van der Waals surface area contributed by atoms with Gasteiger partial charge in [0.15, 0.2) is 6.61 Å². The highest BCUT2D eigenvalue weighted by atomic mass is 32.2. The summed E-state index contributed by atoms with van der Waals surface area (Å²) in [6.45, 7) is 1.61. The molecular formula is C26H34F2O9S. The molecule has 0 saturated heterocycles. The Balaban J connectivity index is 1.05. The SMILES string of the molecule is CC1(OC(=O)COC(=O)C23CC4CC(C2)C(OC(=O)C(F)(F)SOOO)C(C4)C3)C2CC3CC(C2)CC1C3. The highest BCUT2D eigenvalue weighted by Gasteiger charge is 2.62. The van der Waals surface area contributed by atoms with Crippen LogP contribution in [-0.2, 0) is 38.0 Å². The van der Waals surface area contributed by atoms with Gasteiger partial charge in [-0.15, -0.1) is 4.33 Å². The summed E-state index contributed by atoms with van der Waals surface area (Å²) >= 11 is -0.652. The van der Waals surface area contributed by atoms with Gasteiger partial charge in [0.1, 0.15) is 23.7 Å². The van der Waals surface area contributed by atoms with Gasteiger partial charge in [0.05, 0.1) is 5.41 Å². The maximum absolute atomic E-state index is 13.9. The number of carbonyl (C=O) groups is 3. The van der Waals surface area contributed by atoms with Crippen molar-refractivity contribution in [1.82, 2.24) is 0 Å². The van der Waals surface area contributed by atoms with E-state index in [2.05, 4.69) is 9.37 Å². The average Bonchev–Trinajstić information content (AvgIpc) is 2.86. The van der Waals surface area contributed by atoms with Gasteiger partial charge in [-0.2, -0.15) is 8.78 Å². The molecule has 0 aliphatic heterocycles. The molecule has 0 aromatic heterocycles. The van der Waals surface area contributed by atoms with Gasteiger partial charge in [-0.25, -0.2) is 14.8 Å². The maximum atomic E-state index is 13.9. The number of alkyl halides is 2. The fourth-order valence-electron chi connectivity index (χ4n) is 9.54. The molecular weight excluding hydrogens is 526 g/mol. The third-order valence-corrected chi connectivity index (χ3v) is 11.2. The van der Waals surface area contributed by atoms with E-state index in [0.717, 1.165) is 37.5 Å². The van der Waals surface area contributed by atoms with Crippen LogP contribution < -0.4 is 0 Å². The Kier molecular flexibility index (Phi) is 6.72. The molecule has 0 aromatic carbocycles. The Bertz CT molecular complexity index is 946. The summed E-state index contributed by atoms with van der Waals surface area (Å²) in [7, 11) is 0. The normalized spacial score (nSPS) is 44.2. The molecule has 12 heteroatoms. The monoisotopic (exact) mass is 560 g/mol. The number of carbonyl (C=O) groups excluding carboxylic acids is 3. The summed E-state index contributed by atoms with van der Waals surface area (Å²) in [6.07, 6.45) is 7.62. The van der Waals surface area contributed by atoms with Gasteiger partial charge in [0, 0.05) is 0 Å².